The van der Waals surface area contributed by atoms with Crippen molar-refractivity contribution < 1.29 is 18.3 Å². The van der Waals surface area contributed by atoms with Gasteiger partial charge in [0.1, 0.15) is 0 Å². The molecule has 7 heteroatoms. The number of aliphatic hydroxyl groups is 1. The highest BCUT2D eigenvalue weighted by molar-refractivity contribution is 7.87. The summed E-state index contributed by atoms with van der Waals surface area (Å²) in [4.78, 5) is 0. The van der Waals surface area contributed by atoms with Gasteiger partial charge in [-0.2, -0.15) is 17.4 Å². The quantitative estimate of drug-likeness (QED) is 0.770. The van der Waals surface area contributed by atoms with E-state index in [1.807, 2.05) is 0 Å². The molecule has 1 saturated heterocycles. The van der Waals surface area contributed by atoms with Crippen molar-refractivity contribution in [2.24, 2.45) is 5.92 Å². The van der Waals surface area contributed by atoms with Gasteiger partial charge in [-0.25, -0.2) is 0 Å². The highest BCUT2D eigenvalue weighted by Gasteiger charge is 2.34. The summed E-state index contributed by atoms with van der Waals surface area (Å²) < 4.78 is 33.2. The van der Waals surface area contributed by atoms with Crippen LogP contribution in [0.2, 0.25) is 0 Å². The molecule has 2 N–H and O–H groups in total. The third-order valence-corrected chi connectivity index (χ3v) is 5.65. The van der Waals surface area contributed by atoms with Crippen LogP contribution in [0.3, 0.4) is 0 Å². The van der Waals surface area contributed by atoms with E-state index in [1.165, 1.54) is 4.31 Å². The molecule has 0 aromatic heterocycles. The average Bonchev–Trinajstić information content (AvgIpc) is 2.42. The largest absolute Gasteiger partial charge is 0.389 e. The summed E-state index contributed by atoms with van der Waals surface area (Å²) in [7, 11) is -3.49. The van der Waals surface area contributed by atoms with Gasteiger partial charge >= 0.3 is 0 Å². The number of nitrogens with zero attached hydrogens (tertiary/aromatic N) is 1. The lowest BCUT2D eigenvalue weighted by Gasteiger charge is -2.35. The minimum absolute atomic E-state index is 0.111. The van der Waals surface area contributed by atoms with E-state index in [4.69, 9.17) is 4.74 Å². The molecule has 0 aromatic rings. The van der Waals surface area contributed by atoms with Crippen LogP contribution >= 0.6 is 0 Å². The summed E-state index contributed by atoms with van der Waals surface area (Å²) >= 11 is 0. The Morgan fingerprint density at radius 2 is 1.89 bits per heavy atom. The molecule has 0 spiro atoms. The summed E-state index contributed by atoms with van der Waals surface area (Å²) in [6, 6.07) is 0. The first kappa shape index (κ1) is 15.2. The summed E-state index contributed by atoms with van der Waals surface area (Å²) in [5, 5.41) is 10.4. The number of hydrogen-bond donors (Lipinski definition) is 2. The fraction of sp³-hybridized carbons (Fsp3) is 1.00. The Balaban J connectivity index is 1.86. The number of rotatable bonds is 4. The molecule has 1 aliphatic heterocycles. The van der Waals surface area contributed by atoms with Crippen molar-refractivity contribution in [3.8, 4) is 0 Å². The van der Waals surface area contributed by atoms with Crippen LogP contribution in [0.15, 0.2) is 0 Å². The highest BCUT2D eigenvalue weighted by atomic mass is 32.2. The molecule has 0 amide bonds. The molecule has 19 heavy (non-hydrogen) atoms. The van der Waals surface area contributed by atoms with Crippen LogP contribution < -0.4 is 4.72 Å². The minimum atomic E-state index is -3.49. The van der Waals surface area contributed by atoms with E-state index in [0.717, 1.165) is 12.8 Å². The first-order valence-electron chi connectivity index (χ1n) is 6.96. The standard InChI is InChI=1S/C12H24N2O4S/c1-11-2-4-12(15,5-3-11)10-13-19(16,17)14-6-8-18-9-7-14/h11,13,15H,2-10H2,1H3. The van der Waals surface area contributed by atoms with Crippen molar-refractivity contribution in [3.63, 3.8) is 0 Å². The predicted octanol–water partition coefficient (Wildman–Crippen LogP) is 0.0942. The Bertz CT molecular complexity index is 385. The van der Waals surface area contributed by atoms with E-state index >= 15 is 0 Å². The molecule has 2 aliphatic rings. The van der Waals surface area contributed by atoms with Crippen LogP contribution in [0.4, 0.5) is 0 Å². The van der Waals surface area contributed by atoms with Gasteiger partial charge in [0.15, 0.2) is 0 Å². The van der Waals surface area contributed by atoms with Gasteiger partial charge in [-0.1, -0.05) is 6.92 Å². The molecule has 0 unspecified atom stereocenters. The number of morpholine rings is 1. The van der Waals surface area contributed by atoms with E-state index in [-0.39, 0.29) is 6.54 Å². The smallest absolute Gasteiger partial charge is 0.279 e. The Labute approximate surface area is 115 Å². The van der Waals surface area contributed by atoms with Gasteiger partial charge in [0.25, 0.3) is 10.2 Å². The molecule has 0 bridgehead atoms. The molecule has 6 nitrogen and oxygen atoms in total. The molecule has 0 aromatic carbocycles. The zero-order valence-corrected chi connectivity index (χ0v) is 12.3. The fourth-order valence-corrected chi connectivity index (χ4v) is 3.84. The Morgan fingerprint density at radius 3 is 2.47 bits per heavy atom. The second-order valence-electron chi connectivity index (χ2n) is 5.74. The second kappa shape index (κ2) is 6.05. The van der Waals surface area contributed by atoms with Crippen LogP contribution in [-0.2, 0) is 14.9 Å². The van der Waals surface area contributed by atoms with E-state index in [0.29, 0.717) is 45.1 Å². The predicted molar refractivity (Wildman–Crippen MR) is 71.9 cm³/mol. The van der Waals surface area contributed by atoms with Gasteiger partial charge in [0.05, 0.1) is 18.8 Å². The Kier molecular flexibility index (Phi) is 4.84. The summed E-state index contributed by atoms with van der Waals surface area (Å²) in [6.07, 6.45) is 3.24. The van der Waals surface area contributed by atoms with Gasteiger partial charge in [0, 0.05) is 19.6 Å². The van der Waals surface area contributed by atoms with Crippen LogP contribution in [0, 0.1) is 5.92 Å². The first-order chi connectivity index (χ1) is 8.91. The molecule has 2 fully saturated rings. The fourth-order valence-electron chi connectivity index (χ4n) is 2.58. The lowest BCUT2D eigenvalue weighted by molar-refractivity contribution is -0.00241. The summed E-state index contributed by atoms with van der Waals surface area (Å²) in [5.41, 5.74) is -0.883. The van der Waals surface area contributed by atoms with Crippen LogP contribution in [-0.4, -0.2) is 56.3 Å². The van der Waals surface area contributed by atoms with Gasteiger partial charge in [-0.05, 0) is 31.6 Å². The zero-order chi connectivity index (χ0) is 13.9. The number of nitrogens with one attached hydrogen (secondary N) is 1. The lowest BCUT2D eigenvalue weighted by atomic mass is 9.80. The maximum Gasteiger partial charge on any atom is 0.279 e. The lowest BCUT2D eigenvalue weighted by Crippen LogP contribution is -2.51. The van der Waals surface area contributed by atoms with E-state index in [1.54, 1.807) is 0 Å². The van der Waals surface area contributed by atoms with Crippen molar-refractivity contribution in [1.82, 2.24) is 9.03 Å². The van der Waals surface area contributed by atoms with Crippen molar-refractivity contribution in [2.45, 2.75) is 38.2 Å². The second-order valence-corrected chi connectivity index (χ2v) is 7.50. The molecule has 0 radical (unpaired) electrons. The van der Waals surface area contributed by atoms with Gasteiger partial charge in [-0.3, -0.25) is 0 Å². The first-order valence-corrected chi connectivity index (χ1v) is 8.40. The van der Waals surface area contributed by atoms with E-state index in [9.17, 15) is 13.5 Å². The van der Waals surface area contributed by atoms with E-state index in [2.05, 4.69) is 11.6 Å². The van der Waals surface area contributed by atoms with Crippen LogP contribution in [0.1, 0.15) is 32.6 Å². The molecule has 1 aliphatic carbocycles. The number of hydrogen-bond acceptors (Lipinski definition) is 4. The highest BCUT2D eigenvalue weighted by Crippen LogP contribution is 2.31. The topological polar surface area (TPSA) is 78.9 Å². The Morgan fingerprint density at radius 1 is 1.32 bits per heavy atom. The number of ether oxygens (including phenoxy) is 1. The monoisotopic (exact) mass is 292 g/mol. The SMILES string of the molecule is CC1CCC(O)(CNS(=O)(=O)N2CCOCC2)CC1. The molecule has 2 rings (SSSR count). The zero-order valence-electron chi connectivity index (χ0n) is 11.5. The normalized spacial score (nSPS) is 34.3. The molecule has 0 atom stereocenters. The summed E-state index contributed by atoms with van der Waals surface area (Å²) in [5.74, 6) is 0.621. The van der Waals surface area contributed by atoms with E-state index < -0.39 is 15.8 Å². The summed E-state index contributed by atoms with van der Waals surface area (Å²) in [6.45, 7) is 3.90. The van der Waals surface area contributed by atoms with Crippen molar-refractivity contribution in [2.75, 3.05) is 32.8 Å². The van der Waals surface area contributed by atoms with Crippen molar-refractivity contribution in [1.29, 1.82) is 0 Å². The molecular formula is C12H24N2O4S. The molecular weight excluding hydrogens is 268 g/mol. The molecule has 112 valence electrons. The van der Waals surface area contributed by atoms with Crippen molar-refractivity contribution in [3.05, 3.63) is 0 Å². The van der Waals surface area contributed by atoms with Gasteiger partial charge in [-0.15, -0.1) is 0 Å². The third kappa shape index (κ3) is 4.13. The average molecular weight is 292 g/mol. The molecule has 1 heterocycles. The van der Waals surface area contributed by atoms with Gasteiger partial charge < -0.3 is 9.84 Å². The van der Waals surface area contributed by atoms with Crippen LogP contribution in [0.5, 0.6) is 0 Å². The minimum Gasteiger partial charge on any atom is -0.389 e. The van der Waals surface area contributed by atoms with Gasteiger partial charge in [0.2, 0.25) is 0 Å². The Hall–Kier alpha value is -0.210. The van der Waals surface area contributed by atoms with Crippen molar-refractivity contribution >= 4 is 10.2 Å². The maximum atomic E-state index is 12.1. The third-order valence-electron chi connectivity index (χ3n) is 4.10. The van der Waals surface area contributed by atoms with Crippen LogP contribution in [0.25, 0.3) is 0 Å². The molecule has 1 saturated carbocycles. The maximum absolute atomic E-state index is 12.1.